The van der Waals surface area contributed by atoms with E-state index in [0.717, 1.165) is 15.6 Å². The van der Waals surface area contributed by atoms with Crippen molar-refractivity contribution in [2.75, 3.05) is 19.2 Å². The smallest absolute Gasteiger partial charge is 0.280 e. The Morgan fingerprint density at radius 2 is 2.04 bits per heavy atom. The number of hydrogen-bond acceptors (Lipinski definition) is 6. The molecule has 0 aliphatic carbocycles. The standard InChI is InChI=1S/C17H21N5O5S/c1-10-12(8-18-21(10)2)13-7-14(22(3)28(24,25)20-13)17(23)19-11-4-5-15-16(6-11)27-9-26-15/h4-6,8,13-14,20H,7,9H2,1-3H3,(H,19,23)/t13-,14+/m0/s1. The summed E-state index contributed by atoms with van der Waals surface area (Å²) in [5.41, 5.74) is 2.10. The van der Waals surface area contributed by atoms with Crippen LogP contribution in [0.3, 0.4) is 0 Å². The highest BCUT2D eigenvalue weighted by molar-refractivity contribution is 7.87. The number of fused-ring (bicyclic) bond motifs is 1. The molecule has 0 saturated carbocycles. The van der Waals surface area contributed by atoms with E-state index >= 15 is 0 Å². The second-order valence-corrected chi connectivity index (χ2v) is 8.57. The lowest BCUT2D eigenvalue weighted by molar-refractivity contribution is -0.120. The Morgan fingerprint density at radius 1 is 1.29 bits per heavy atom. The Bertz CT molecular complexity index is 1030. The molecule has 28 heavy (non-hydrogen) atoms. The number of rotatable bonds is 3. The normalized spacial score (nSPS) is 23.5. The number of nitrogens with zero attached hydrogens (tertiary/aromatic N) is 3. The van der Waals surface area contributed by atoms with Crippen LogP contribution in [0.15, 0.2) is 24.4 Å². The van der Waals surface area contributed by atoms with Crippen LogP contribution >= 0.6 is 0 Å². The maximum atomic E-state index is 12.9. The predicted octanol–water partition coefficient (Wildman–Crippen LogP) is 0.676. The van der Waals surface area contributed by atoms with Crippen molar-refractivity contribution in [3.8, 4) is 11.5 Å². The monoisotopic (exact) mass is 407 g/mol. The van der Waals surface area contributed by atoms with Crippen molar-refractivity contribution in [1.82, 2.24) is 18.8 Å². The van der Waals surface area contributed by atoms with Crippen LogP contribution < -0.4 is 19.5 Å². The molecule has 2 aliphatic heterocycles. The van der Waals surface area contributed by atoms with Gasteiger partial charge in [0.15, 0.2) is 11.5 Å². The molecule has 1 fully saturated rings. The minimum atomic E-state index is -3.82. The van der Waals surface area contributed by atoms with E-state index in [0.29, 0.717) is 17.2 Å². The SMILES string of the molecule is Cc1c([C@@H]2C[C@H](C(=O)Nc3ccc4c(c3)OCO4)N(C)S(=O)(=O)N2)cnn1C. The summed E-state index contributed by atoms with van der Waals surface area (Å²) >= 11 is 0. The highest BCUT2D eigenvalue weighted by atomic mass is 32.2. The molecule has 0 bridgehead atoms. The van der Waals surface area contributed by atoms with Gasteiger partial charge < -0.3 is 14.8 Å². The average Bonchev–Trinajstić information content (AvgIpc) is 3.24. The van der Waals surface area contributed by atoms with E-state index < -0.39 is 28.2 Å². The Morgan fingerprint density at radius 3 is 2.75 bits per heavy atom. The molecular weight excluding hydrogens is 386 g/mol. The van der Waals surface area contributed by atoms with Gasteiger partial charge in [-0.2, -0.15) is 22.5 Å². The van der Waals surface area contributed by atoms with Crippen LogP contribution in [-0.4, -0.2) is 48.3 Å². The van der Waals surface area contributed by atoms with Gasteiger partial charge >= 0.3 is 0 Å². The number of nitrogens with one attached hydrogen (secondary N) is 2. The number of aromatic nitrogens is 2. The van der Waals surface area contributed by atoms with Gasteiger partial charge in [0, 0.05) is 37.1 Å². The number of carbonyl (C=O) groups is 1. The highest BCUT2D eigenvalue weighted by Crippen LogP contribution is 2.35. The quantitative estimate of drug-likeness (QED) is 0.773. The third-order valence-corrected chi connectivity index (χ3v) is 6.75. The molecule has 1 aromatic heterocycles. The molecule has 150 valence electrons. The first-order valence-corrected chi connectivity index (χ1v) is 10.1. The molecule has 11 heteroatoms. The fraction of sp³-hybridized carbons (Fsp3) is 0.412. The zero-order valence-electron chi connectivity index (χ0n) is 15.7. The first-order chi connectivity index (χ1) is 13.3. The Balaban J connectivity index is 1.58. The van der Waals surface area contributed by atoms with Crippen LogP contribution in [0.1, 0.15) is 23.7 Å². The summed E-state index contributed by atoms with van der Waals surface area (Å²) in [6.45, 7) is 1.99. The van der Waals surface area contributed by atoms with Gasteiger partial charge in [-0.3, -0.25) is 9.48 Å². The van der Waals surface area contributed by atoms with Crippen molar-refractivity contribution in [1.29, 1.82) is 0 Å². The predicted molar refractivity (Wildman–Crippen MR) is 100 cm³/mol. The van der Waals surface area contributed by atoms with Crippen LogP contribution in [0.25, 0.3) is 0 Å². The molecule has 2 atom stereocenters. The molecule has 0 unspecified atom stereocenters. The molecule has 0 radical (unpaired) electrons. The molecule has 4 rings (SSSR count). The summed E-state index contributed by atoms with van der Waals surface area (Å²) in [7, 11) is -0.650. The van der Waals surface area contributed by atoms with E-state index in [4.69, 9.17) is 9.47 Å². The van der Waals surface area contributed by atoms with Crippen LogP contribution in [0.5, 0.6) is 11.5 Å². The molecule has 10 nitrogen and oxygen atoms in total. The largest absolute Gasteiger partial charge is 0.454 e. The summed E-state index contributed by atoms with van der Waals surface area (Å²) in [5.74, 6) is 0.720. The van der Waals surface area contributed by atoms with Crippen molar-refractivity contribution in [3.63, 3.8) is 0 Å². The molecular formula is C17H21N5O5S. The molecule has 3 heterocycles. The van der Waals surface area contributed by atoms with E-state index in [1.54, 1.807) is 36.1 Å². The van der Waals surface area contributed by atoms with Gasteiger partial charge in [0.05, 0.1) is 12.2 Å². The Labute approximate surface area is 162 Å². The maximum Gasteiger partial charge on any atom is 0.280 e. The van der Waals surface area contributed by atoms with Crippen molar-refractivity contribution < 1.29 is 22.7 Å². The number of carbonyl (C=O) groups excluding carboxylic acids is 1. The highest BCUT2D eigenvalue weighted by Gasteiger charge is 2.41. The lowest BCUT2D eigenvalue weighted by Gasteiger charge is -2.36. The van der Waals surface area contributed by atoms with E-state index in [2.05, 4.69) is 15.1 Å². The van der Waals surface area contributed by atoms with Gasteiger partial charge in [-0.05, 0) is 25.5 Å². The second-order valence-electron chi connectivity index (χ2n) is 6.81. The topological polar surface area (TPSA) is 115 Å². The summed E-state index contributed by atoms with van der Waals surface area (Å²) in [5, 5.41) is 6.94. The third-order valence-electron chi connectivity index (χ3n) is 5.16. The van der Waals surface area contributed by atoms with Crippen molar-refractivity contribution in [3.05, 3.63) is 35.7 Å². The van der Waals surface area contributed by atoms with Gasteiger partial charge in [-0.1, -0.05) is 0 Å². The Hall–Kier alpha value is -2.63. The molecule has 1 aromatic carbocycles. The summed E-state index contributed by atoms with van der Waals surface area (Å²) in [6.07, 6.45) is 1.90. The number of amides is 1. The molecule has 2 N–H and O–H groups in total. The van der Waals surface area contributed by atoms with E-state index in [1.165, 1.54) is 7.05 Å². The summed E-state index contributed by atoms with van der Waals surface area (Å²) in [4.78, 5) is 12.9. The first-order valence-electron chi connectivity index (χ1n) is 8.70. The minimum Gasteiger partial charge on any atom is -0.454 e. The number of benzene rings is 1. The van der Waals surface area contributed by atoms with E-state index in [1.807, 2.05) is 6.92 Å². The number of ether oxygens (including phenoxy) is 2. The van der Waals surface area contributed by atoms with Crippen molar-refractivity contribution in [2.45, 2.75) is 25.4 Å². The average molecular weight is 407 g/mol. The molecule has 2 aromatic rings. The van der Waals surface area contributed by atoms with E-state index in [9.17, 15) is 13.2 Å². The fourth-order valence-electron chi connectivity index (χ4n) is 3.37. The summed E-state index contributed by atoms with van der Waals surface area (Å²) < 4.78 is 41.1. The molecule has 1 saturated heterocycles. The lowest BCUT2D eigenvalue weighted by atomic mass is 10.00. The van der Waals surface area contributed by atoms with E-state index in [-0.39, 0.29) is 13.2 Å². The maximum absolute atomic E-state index is 12.9. The van der Waals surface area contributed by atoms with Gasteiger partial charge in [-0.15, -0.1) is 0 Å². The Kier molecular flexibility index (Phi) is 4.52. The van der Waals surface area contributed by atoms with Crippen LogP contribution in [0.4, 0.5) is 5.69 Å². The van der Waals surface area contributed by atoms with Gasteiger partial charge in [0.1, 0.15) is 6.04 Å². The van der Waals surface area contributed by atoms with Crippen molar-refractivity contribution in [2.24, 2.45) is 7.05 Å². The number of aryl methyl sites for hydroxylation is 1. The van der Waals surface area contributed by atoms with Gasteiger partial charge in [-0.25, -0.2) is 0 Å². The number of likely N-dealkylation sites (N-methyl/N-ethyl adjacent to an activating group) is 1. The number of anilines is 1. The fourth-order valence-corrected chi connectivity index (χ4v) is 4.64. The van der Waals surface area contributed by atoms with Crippen molar-refractivity contribution >= 4 is 21.8 Å². The van der Waals surface area contributed by atoms with Crippen LogP contribution in [0.2, 0.25) is 0 Å². The second kappa shape index (κ2) is 6.76. The summed E-state index contributed by atoms with van der Waals surface area (Å²) in [6, 6.07) is 3.62. The minimum absolute atomic E-state index is 0.133. The lowest BCUT2D eigenvalue weighted by Crippen LogP contribution is -2.56. The first kappa shape index (κ1) is 18.7. The molecule has 2 aliphatic rings. The zero-order chi connectivity index (χ0) is 20.1. The number of hydrogen-bond donors (Lipinski definition) is 2. The molecule has 0 spiro atoms. The third kappa shape index (κ3) is 3.21. The zero-order valence-corrected chi connectivity index (χ0v) is 16.5. The van der Waals surface area contributed by atoms with Gasteiger partial charge in [0.25, 0.3) is 10.2 Å². The molecule has 1 amide bonds. The van der Waals surface area contributed by atoms with Crippen LogP contribution in [0, 0.1) is 6.92 Å². The van der Waals surface area contributed by atoms with Gasteiger partial charge in [0.2, 0.25) is 12.7 Å². The van der Waals surface area contributed by atoms with Crippen LogP contribution in [-0.2, 0) is 22.1 Å².